The molecular weight excluding hydrogens is 548 g/mol. The molecule has 0 spiro atoms. The van der Waals surface area contributed by atoms with Crippen LogP contribution >= 0.6 is 0 Å². The summed E-state index contributed by atoms with van der Waals surface area (Å²) in [6.45, 7) is 1.89. The number of nitrogens with one attached hydrogen (secondary N) is 3. The minimum absolute atomic E-state index is 0.0373. The molecule has 3 rings (SSSR count). The number of nitrogens with zero attached hydrogens (tertiary/aromatic N) is 1. The predicted molar refractivity (Wildman–Crippen MR) is 158 cm³/mol. The van der Waals surface area contributed by atoms with Gasteiger partial charge in [-0.3, -0.25) is 9.59 Å². The average Bonchev–Trinajstić information content (AvgIpc) is 2.93. The molecule has 0 saturated heterocycles. The number of aryl methyl sites for hydroxylation is 1. The maximum absolute atomic E-state index is 12.7. The molecule has 0 bridgehead atoms. The Morgan fingerprint density at radius 2 is 1.56 bits per heavy atom. The highest BCUT2D eigenvalue weighted by atomic mass is 32.2. The third-order valence-corrected chi connectivity index (χ3v) is 7.70. The van der Waals surface area contributed by atoms with Crippen molar-refractivity contribution in [1.82, 2.24) is 4.31 Å². The largest absolute Gasteiger partial charge is 0.495 e. The van der Waals surface area contributed by atoms with Crippen molar-refractivity contribution >= 4 is 45.0 Å². The highest BCUT2D eigenvalue weighted by Crippen LogP contribution is 2.28. The van der Waals surface area contributed by atoms with E-state index >= 15 is 0 Å². The fourth-order valence-corrected chi connectivity index (χ4v) is 4.70. The smallest absolute Gasteiger partial charge is 0.323 e. The molecule has 0 radical (unpaired) electrons. The van der Waals surface area contributed by atoms with Crippen LogP contribution in [0, 0.1) is 6.92 Å². The van der Waals surface area contributed by atoms with Crippen molar-refractivity contribution in [3.05, 3.63) is 83.4 Å². The number of hydrogen-bond donors (Lipinski definition) is 3. The van der Waals surface area contributed by atoms with E-state index in [0.717, 1.165) is 16.1 Å². The van der Waals surface area contributed by atoms with E-state index in [1.54, 1.807) is 48.5 Å². The van der Waals surface area contributed by atoms with Gasteiger partial charge in [-0.1, -0.05) is 36.4 Å². The molecule has 3 N–H and O–H groups in total. The number of rotatable bonds is 11. The lowest BCUT2D eigenvalue weighted by molar-refractivity contribution is -0.141. The predicted octanol–water partition coefficient (Wildman–Crippen LogP) is 4.32. The number of carbonyl (C=O) groups excluding carboxylic acids is 3. The molecule has 3 amide bonds. The second kappa shape index (κ2) is 13.8. The summed E-state index contributed by atoms with van der Waals surface area (Å²) in [5.41, 5.74) is 3.78. The molecule has 0 aliphatic carbocycles. The first-order valence-corrected chi connectivity index (χ1v) is 14.5. The fourth-order valence-electron chi connectivity index (χ4n) is 4.05. The normalized spacial score (nSPS) is 11.9. The summed E-state index contributed by atoms with van der Waals surface area (Å²) in [5, 5.41) is 8.36. The van der Waals surface area contributed by atoms with Crippen molar-refractivity contribution in [1.29, 1.82) is 0 Å². The van der Waals surface area contributed by atoms with Crippen molar-refractivity contribution in [2.75, 3.05) is 43.5 Å². The zero-order chi connectivity index (χ0) is 30.2. The van der Waals surface area contributed by atoms with Gasteiger partial charge in [0, 0.05) is 18.4 Å². The molecule has 1 atom stereocenters. The molecule has 0 fully saturated rings. The number of anilines is 3. The van der Waals surface area contributed by atoms with E-state index in [-0.39, 0.29) is 18.7 Å². The Morgan fingerprint density at radius 1 is 0.902 bits per heavy atom. The van der Waals surface area contributed by atoms with Gasteiger partial charge in [-0.2, -0.15) is 4.31 Å². The molecule has 1 unspecified atom stereocenters. The summed E-state index contributed by atoms with van der Waals surface area (Å²) in [6, 6.07) is 17.8. The quantitative estimate of drug-likeness (QED) is 0.286. The van der Waals surface area contributed by atoms with Gasteiger partial charge in [-0.05, 0) is 53.9 Å². The lowest BCUT2D eigenvalue weighted by Gasteiger charge is -2.25. The van der Waals surface area contributed by atoms with E-state index in [1.807, 2.05) is 25.1 Å². The summed E-state index contributed by atoms with van der Waals surface area (Å²) >= 11 is 0. The molecule has 12 heteroatoms. The van der Waals surface area contributed by atoms with Crippen LogP contribution in [0.3, 0.4) is 0 Å². The molecule has 218 valence electrons. The van der Waals surface area contributed by atoms with Gasteiger partial charge >= 0.3 is 12.0 Å². The molecule has 41 heavy (non-hydrogen) atoms. The lowest BCUT2D eigenvalue weighted by Crippen LogP contribution is -2.32. The van der Waals surface area contributed by atoms with Crippen LogP contribution in [0.25, 0.3) is 0 Å². The summed E-state index contributed by atoms with van der Waals surface area (Å²) in [5.74, 6) is -0.449. The fraction of sp³-hybridized carbons (Fsp3) is 0.276. The zero-order valence-electron chi connectivity index (χ0n) is 23.6. The maximum Gasteiger partial charge on any atom is 0.323 e. The first-order chi connectivity index (χ1) is 19.4. The summed E-state index contributed by atoms with van der Waals surface area (Å²) in [7, 11) is 0.522. The van der Waals surface area contributed by atoms with Crippen molar-refractivity contribution in [2.24, 2.45) is 0 Å². The van der Waals surface area contributed by atoms with E-state index in [0.29, 0.717) is 33.9 Å². The topological polar surface area (TPSA) is 143 Å². The average molecular weight is 583 g/mol. The van der Waals surface area contributed by atoms with Gasteiger partial charge in [0.05, 0.1) is 45.0 Å². The molecule has 0 aromatic heterocycles. The number of ether oxygens (including phenoxy) is 2. The minimum atomic E-state index is -3.58. The van der Waals surface area contributed by atoms with E-state index in [9.17, 15) is 22.8 Å². The second-order valence-corrected chi connectivity index (χ2v) is 11.4. The van der Waals surface area contributed by atoms with Crippen molar-refractivity contribution in [3.8, 4) is 5.75 Å². The summed E-state index contributed by atoms with van der Waals surface area (Å²) < 4.78 is 35.4. The van der Waals surface area contributed by atoms with Crippen LogP contribution in [0.4, 0.5) is 21.9 Å². The number of esters is 1. The van der Waals surface area contributed by atoms with E-state index in [2.05, 4.69) is 16.0 Å². The summed E-state index contributed by atoms with van der Waals surface area (Å²) in [4.78, 5) is 37.1. The number of methoxy groups -OCH3 is 2. The molecule has 3 aromatic carbocycles. The lowest BCUT2D eigenvalue weighted by atomic mass is 10.0. The van der Waals surface area contributed by atoms with Crippen LogP contribution in [0.1, 0.15) is 29.2 Å². The van der Waals surface area contributed by atoms with Crippen LogP contribution in [0.5, 0.6) is 5.75 Å². The molecule has 0 aliphatic heterocycles. The molecule has 11 nitrogen and oxygen atoms in total. The van der Waals surface area contributed by atoms with Crippen molar-refractivity contribution < 1.29 is 32.3 Å². The number of urea groups is 1. The van der Waals surface area contributed by atoms with Crippen molar-refractivity contribution in [3.63, 3.8) is 0 Å². The number of carbonyl (C=O) groups is 3. The number of sulfonamides is 1. The highest BCUT2D eigenvalue weighted by molar-refractivity contribution is 7.88. The number of benzene rings is 3. The number of hydrogen-bond acceptors (Lipinski definition) is 7. The van der Waals surface area contributed by atoms with Gasteiger partial charge < -0.3 is 25.4 Å². The van der Waals surface area contributed by atoms with Gasteiger partial charge in [-0.25, -0.2) is 13.2 Å². The van der Waals surface area contributed by atoms with Crippen LogP contribution in [-0.2, 0) is 30.8 Å². The van der Waals surface area contributed by atoms with Crippen LogP contribution in [-0.4, -0.2) is 58.2 Å². The van der Waals surface area contributed by atoms with Crippen LogP contribution < -0.4 is 20.7 Å². The Hall–Kier alpha value is -4.42. The standard InChI is InChI=1S/C29H34N4O7S/c1-19-8-6-7-9-23(19)31-29(36)32-24-15-10-20(16-26(24)39-3)17-27(34)30-22-13-11-21(12-14-22)25(18-28(35)40-4)33(2)41(5,37)38/h6-16,25H,17-18H2,1-5H3,(H,30,34)(H2,31,32,36). The first-order valence-electron chi connectivity index (χ1n) is 12.6. The van der Waals surface area contributed by atoms with Crippen LogP contribution in [0.2, 0.25) is 0 Å². The Balaban J connectivity index is 1.65. The van der Waals surface area contributed by atoms with Crippen molar-refractivity contribution in [2.45, 2.75) is 25.8 Å². The molecule has 3 aromatic rings. The molecule has 0 aliphatic rings. The first kappa shape index (κ1) is 31.1. The SMILES string of the molecule is COC(=O)CC(c1ccc(NC(=O)Cc2ccc(NC(=O)Nc3ccccc3C)c(OC)c2)cc1)N(C)S(C)(=O)=O. The van der Waals surface area contributed by atoms with E-state index < -0.39 is 28.1 Å². The molecular formula is C29H34N4O7S. The monoisotopic (exact) mass is 582 g/mol. The van der Waals surface area contributed by atoms with Crippen LogP contribution in [0.15, 0.2) is 66.7 Å². The number of amides is 3. The number of para-hydroxylation sites is 1. The third-order valence-electron chi connectivity index (χ3n) is 6.40. The van der Waals surface area contributed by atoms with Gasteiger partial charge in [0.15, 0.2) is 0 Å². The van der Waals surface area contributed by atoms with Gasteiger partial charge in [-0.15, -0.1) is 0 Å². The minimum Gasteiger partial charge on any atom is -0.495 e. The van der Waals surface area contributed by atoms with Gasteiger partial charge in [0.2, 0.25) is 15.9 Å². The molecule has 0 heterocycles. The Morgan fingerprint density at radius 3 is 2.17 bits per heavy atom. The zero-order valence-corrected chi connectivity index (χ0v) is 24.4. The maximum atomic E-state index is 12.7. The third kappa shape index (κ3) is 8.78. The second-order valence-electron chi connectivity index (χ2n) is 9.35. The Labute approximate surface area is 239 Å². The van der Waals surface area contributed by atoms with Gasteiger partial charge in [0.1, 0.15) is 5.75 Å². The van der Waals surface area contributed by atoms with Gasteiger partial charge in [0.25, 0.3) is 0 Å². The van der Waals surface area contributed by atoms with E-state index in [1.165, 1.54) is 21.3 Å². The summed E-state index contributed by atoms with van der Waals surface area (Å²) in [6.07, 6.45) is 0.936. The van der Waals surface area contributed by atoms with E-state index in [4.69, 9.17) is 9.47 Å². The molecule has 0 saturated carbocycles. The Kier molecular flexibility index (Phi) is 10.5. The highest BCUT2D eigenvalue weighted by Gasteiger charge is 2.27. The Bertz CT molecular complexity index is 1510.